The number of hydrogen-bond donors (Lipinski definition) is 4. The summed E-state index contributed by atoms with van der Waals surface area (Å²) in [4.78, 5) is 54.1. The predicted octanol–water partition coefficient (Wildman–Crippen LogP) is 7.77. The Morgan fingerprint density at radius 1 is 0.960 bits per heavy atom. The fourth-order valence-corrected chi connectivity index (χ4v) is 10.3. The van der Waals surface area contributed by atoms with E-state index in [2.05, 4.69) is 26.7 Å². The lowest BCUT2D eigenvalue weighted by molar-refractivity contribution is -0.144. The summed E-state index contributed by atoms with van der Waals surface area (Å²) in [5.41, 5.74) is 0.768. The largest absolute Gasteiger partial charge is 0.492 e. The Morgan fingerprint density at radius 2 is 1.65 bits per heavy atom. The number of carbonyl (C=O) groups excluding carboxylic acids is 3. The van der Waals surface area contributed by atoms with E-state index in [1.165, 1.54) is 22.1 Å². The van der Waals surface area contributed by atoms with Gasteiger partial charge in [0.15, 0.2) is 17.2 Å². The van der Waals surface area contributed by atoms with Gasteiger partial charge in [0.1, 0.15) is 36.1 Å². The number of ether oxygens (including phenoxy) is 2. The first-order chi connectivity index (χ1) is 35.5. The number of pyridine rings is 1. The summed E-state index contributed by atoms with van der Waals surface area (Å²) in [5, 5.41) is 46.6. The number of aryl methyl sites for hydroxylation is 1. The molecule has 0 spiro atoms. The van der Waals surface area contributed by atoms with Crippen LogP contribution in [-0.4, -0.2) is 104 Å². The SMILES string of the molecule is Cc1ncsc1-c1ccc(CNC(=O)[C@@H]2C[C@@H](O)CN2C(=O)[C@@H](NC(=O)COCCCCOc2ccc(-c3ccc(N4C(=S)N(c5ccc(C#N)c(C(F)(F)F)c5F)C(O)C4(C)C)cn3)cc2C#N)C(C)(C)C)cc1. The molecule has 2 fully saturated rings. The summed E-state index contributed by atoms with van der Waals surface area (Å²) in [6.45, 7) is 10.7. The number of thiazole rings is 1. The molecule has 4 N–H and O–H groups in total. The Hall–Kier alpha value is -7.08. The van der Waals surface area contributed by atoms with Crippen LogP contribution in [0.2, 0.25) is 0 Å². The molecule has 0 bridgehead atoms. The van der Waals surface area contributed by atoms with Crippen LogP contribution in [-0.2, 0) is 31.8 Å². The molecule has 4 heterocycles. The summed E-state index contributed by atoms with van der Waals surface area (Å²) >= 11 is 7.14. The molecule has 1 unspecified atom stereocenters. The number of rotatable bonds is 17. The molecule has 394 valence electrons. The van der Waals surface area contributed by atoms with Gasteiger partial charge in [-0.2, -0.15) is 23.7 Å². The lowest BCUT2D eigenvalue weighted by Crippen LogP contribution is -2.58. The van der Waals surface area contributed by atoms with E-state index in [-0.39, 0.29) is 50.0 Å². The highest BCUT2D eigenvalue weighted by molar-refractivity contribution is 7.80. The van der Waals surface area contributed by atoms with E-state index in [0.29, 0.717) is 35.5 Å². The Labute approximate surface area is 440 Å². The minimum absolute atomic E-state index is 0.0542. The van der Waals surface area contributed by atoms with Crippen molar-refractivity contribution in [3.8, 4) is 39.6 Å². The fraction of sp³-hybridized carbons (Fsp3) is 0.396. The van der Waals surface area contributed by atoms with Gasteiger partial charge in [0.25, 0.3) is 0 Å². The predicted molar refractivity (Wildman–Crippen MR) is 275 cm³/mol. The van der Waals surface area contributed by atoms with Crippen molar-refractivity contribution in [1.29, 1.82) is 10.5 Å². The molecule has 3 aromatic carbocycles. The van der Waals surface area contributed by atoms with Crippen LogP contribution in [0.4, 0.5) is 28.9 Å². The number of carbonyl (C=O) groups is 3. The Morgan fingerprint density at radius 3 is 2.28 bits per heavy atom. The molecule has 2 saturated heterocycles. The number of benzene rings is 3. The standard InChI is InChI=1S/C53H55F4N9O7S2/c1-30-45(75-29-62-30)32-11-9-31(10-12-32)25-61-47(69)40-22-37(67)27-64(40)48(70)46(51(2,3)4)63-42(68)28-72-19-7-8-20-73-41-18-14-33(21-35(41)24-59)38-16-15-36(26-60-38)66-50(74)65(49(71)52(66,5)6)39-17-13-34(23-58)43(44(39)54)53(55,56)57/h9-18,21,26,29,37,40,46,49,67,71H,7-8,19-20,22,25,27-28H2,1-6H3,(H,61,69)(H,63,68)/t37-,40+,46-,49?/m1/s1. The number of halogens is 4. The third-order valence-electron chi connectivity index (χ3n) is 12.9. The Balaban J connectivity index is 0.874. The molecule has 5 aromatic rings. The number of aliphatic hydroxyl groups is 2. The fourth-order valence-electron chi connectivity index (χ4n) is 8.92. The molecule has 4 atom stereocenters. The summed E-state index contributed by atoms with van der Waals surface area (Å²) in [6.07, 6.45) is -5.25. The van der Waals surface area contributed by atoms with E-state index in [1.807, 2.05) is 31.2 Å². The van der Waals surface area contributed by atoms with E-state index >= 15 is 4.39 Å². The van der Waals surface area contributed by atoms with Crippen LogP contribution < -0.4 is 25.2 Å². The van der Waals surface area contributed by atoms with Crippen molar-refractivity contribution in [2.24, 2.45) is 5.41 Å². The van der Waals surface area contributed by atoms with Crippen molar-refractivity contribution in [2.45, 2.75) is 103 Å². The quantitative estimate of drug-likeness (QED) is 0.0398. The van der Waals surface area contributed by atoms with Crippen LogP contribution in [0.1, 0.15) is 81.8 Å². The number of unbranched alkanes of at least 4 members (excludes halogenated alkanes) is 1. The average Bonchev–Trinajstić information content (AvgIpc) is 4.03. The molecule has 2 aromatic heterocycles. The van der Waals surface area contributed by atoms with Gasteiger partial charge in [-0.1, -0.05) is 45.0 Å². The summed E-state index contributed by atoms with van der Waals surface area (Å²) in [7, 11) is 0. The summed E-state index contributed by atoms with van der Waals surface area (Å²) < 4.78 is 68.5. The zero-order valence-electron chi connectivity index (χ0n) is 41.9. The number of nitriles is 2. The van der Waals surface area contributed by atoms with Crippen LogP contribution in [0, 0.1) is 40.8 Å². The van der Waals surface area contributed by atoms with Crippen LogP contribution in [0.3, 0.4) is 0 Å². The molecule has 16 nitrogen and oxygen atoms in total. The van der Waals surface area contributed by atoms with Gasteiger partial charge in [-0.25, -0.2) is 9.37 Å². The molecule has 0 saturated carbocycles. The number of amides is 3. The minimum Gasteiger partial charge on any atom is -0.492 e. The Kier molecular flexibility index (Phi) is 16.9. The maximum Gasteiger partial charge on any atom is 0.420 e. The van der Waals surface area contributed by atoms with E-state index in [1.54, 1.807) is 81.8 Å². The summed E-state index contributed by atoms with van der Waals surface area (Å²) in [6, 6.07) is 19.2. The number of anilines is 2. The summed E-state index contributed by atoms with van der Waals surface area (Å²) in [5.74, 6) is -2.87. The first-order valence-electron chi connectivity index (χ1n) is 23.8. The van der Waals surface area contributed by atoms with Gasteiger partial charge in [-0.3, -0.25) is 24.3 Å². The van der Waals surface area contributed by atoms with E-state index in [0.717, 1.165) is 38.7 Å². The lowest BCUT2D eigenvalue weighted by atomic mass is 9.85. The maximum absolute atomic E-state index is 15.5. The highest BCUT2D eigenvalue weighted by Crippen LogP contribution is 2.44. The van der Waals surface area contributed by atoms with Gasteiger partial charge in [0.05, 0.1) is 74.8 Å². The third kappa shape index (κ3) is 12.2. The van der Waals surface area contributed by atoms with Crippen molar-refractivity contribution in [3.63, 3.8) is 0 Å². The maximum atomic E-state index is 15.5. The number of nitrogens with zero attached hydrogens (tertiary/aromatic N) is 7. The highest BCUT2D eigenvalue weighted by Gasteiger charge is 2.52. The zero-order valence-corrected chi connectivity index (χ0v) is 43.5. The number of aromatic nitrogens is 2. The van der Waals surface area contributed by atoms with Gasteiger partial charge >= 0.3 is 6.18 Å². The third-order valence-corrected chi connectivity index (χ3v) is 14.3. The second kappa shape index (κ2) is 22.8. The van der Waals surface area contributed by atoms with Crippen molar-refractivity contribution in [1.82, 2.24) is 25.5 Å². The topological polar surface area (TPSA) is 217 Å². The van der Waals surface area contributed by atoms with Gasteiger partial charge < -0.3 is 40.1 Å². The highest BCUT2D eigenvalue weighted by atomic mass is 32.1. The molecule has 3 amide bonds. The number of thiocarbonyl (C=S) groups is 1. The van der Waals surface area contributed by atoms with Crippen molar-refractivity contribution >= 4 is 57.8 Å². The zero-order chi connectivity index (χ0) is 54.6. The number of hydrogen-bond acceptors (Lipinski definition) is 13. The molecule has 75 heavy (non-hydrogen) atoms. The monoisotopic (exact) mass is 1070 g/mol. The Bertz CT molecular complexity index is 3030. The minimum atomic E-state index is -5.19. The van der Waals surface area contributed by atoms with Crippen LogP contribution >= 0.6 is 23.6 Å². The number of nitrogens with one attached hydrogen (secondary N) is 2. The second-order valence-electron chi connectivity index (χ2n) is 19.7. The van der Waals surface area contributed by atoms with Gasteiger partial charge in [-0.05, 0) is 105 Å². The van der Waals surface area contributed by atoms with Gasteiger partial charge in [-0.15, -0.1) is 11.3 Å². The molecule has 22 heteroatoms. The molecule has 2 aliphatic rings. The normalized spacial score (nSPS) is 17.9. The van der Waals surface area contributed by atoms with Crippen LogP contribution in [0.25, 0.3) is 21.7 Å². The molecular formula is C53H55F4N9O7S2. The number of aliphatic hydroxyl groups excluding tert-OH is 2. The smallest absolute Gasteiger partial charge is 0.420 e. The number of likely N-dealkylation sites (tertiary alicyclic amines) is 1. The molecule has 7 rings (SSSR count). The second-order valence-corrected chi connectivity index (χ2v) is 20.9. The lowest BCUT2D eigenvalue weighted by Gasteiger charge is -2.35. The first kappa shape index (κ1) is 55.7. The van der Waals surface area contributed by atoms with E-state index in [9.17, 15) is 48.3 Å². The first-order valence-corrected chi connectivity index (χ1v) is 25.1. The van der Waals surface area contributed by atoms with Crippen LogP contribution in [0.15, 0.2) is 78.4 Å². The number of alkyl halides is 3. The van der Waals surface area contributed by atoms with Crippen molar-refractivity contribution < 1.29 is 51.6 Å². The van der Waals surface area contributed by atoms with Crippen molar-refractivity contribution in [3.05, 3.63) is 112 Å². The number of β-amino-alcohol motifs (C(OH)–C–C–N with tert-alkyl or cyclic N) is 1. The molecule has 2 aliphatic heterocycles. The van der Waals surface area contributed by atoms with Gasteiger partial charge in [0, 0.05) is 31.7 Å². The average molecular weight is 1070 g/mol. The van der Waals surface area contributed by atoms with E-state index < -0.39 is 81.9 Å². The molecule has 0 aliphatic carbocycles. The van der Waals surface area contributed by atoms with Crippen LogP contribution in [0.5, 0.6) is 5.75 Å². The van der Waals surface area contributed by atoms with E-state index in [4.69, 9.17) is 21.7 Å². The van der Waals surface area contributed by atoms with Crippen molar-refractivity contribution in [2.75, 3.05) is 36.2 Å². The molecular weight excluding hydrogens is 1010 g/mol. The van der Waals surface area contributed by atoms with Gasteiger partial charge in [0.2, 0.25) is 17.7 Å². The molecule has 0 radical (unpaired) electrons.